The number of carbonyl (C=O) groups is 1. The Morgan fingerprint density at radius 2 is 2.03 bits per heavy atom. The maximum atomic E-state index is 14.8. The van der Waals surface area contributed by atoms with Crippen LogP contribution in [0.5, 0.6) is 5.88 Å². The lowest BCUT2D eigenvalue weighted by Crippen LogP contribution is -2.59. The number of halogens is 1. The molecule has 3 aromatic rings. The van der Waals surface area contributed by atoms with E-state index in [4.69, 9.17) is 0 Å². The first kappa shape index (κ1) is 19.1. The zero-order valence-electron chi connectivity index (χ0n) is 15.6. The zero-order valence-corrected chi connectivity index (χ0v) is 16.4. The number of rotatable bonds is 4. The van der Waals surface area contributed by atoms with Gasteiger partial charge in [0.2, 0.25) is 5.91 Å². The van der Waals surface area contributed by atoms with Gasteiger partial charge in [-0.05, 0) is 24.3 Å². The molecule has 0 bridgehead atoms. The van der Waals surface area contributed by atoms with E-state index >= 15 is 0 Å². The van der Waals surface area contributed by atoms with Crippen molar-refractivity contribution in [2.45, 2.75) is 18.2 Å². The number of fused-ring (bicyclic) bond motifs is 3. The molecule has 29 heavy (non-hydrogen) atoms. The number of amides is 1. The zero-order chi connectivity index (χ0) is 20.5. The Morgan fingerprint density at radius 1 is 1.31 bits per heavy atom. The van der Waals surface area contributed by atoms with Crippen LogP contribution in [0.15, 0.2) is 66.3 Å². The first-order valence-electron chi connectivity index (χ1n) is 8.91. The molecule has 1 amide bonds. The average Bonchev–Trinajstić information content (AvgIpc) is 2.71. The molecule has 6 nitrogen and oxygen atoms in total. The highest BCUT2D eigenvalue weighted by Gasteiger charge is 2.44. The molecule has 0 saturated heterocycles. The molecule has 0 fully saturated rings. The Kier molecular flexibility index (Phi) is 5.02. The second kappa shape index (κ2) is 7.63. The summed E-state index contributed by atoms with van der Waals surface area (Å²) in [6.07, 6.45) is 0.728. The number of hydrogen-bond donors (Lipinski definition) is 0. The third kappa shape index (κ3) is 3.25. The average molecular weight is 408 g/mol. The standard InChI is InChI=1S/C21H17FN4O2S/c1-3-12-29-21-23-19(28)18-15-9-5-7-11-17(15)25(13(2)27)20(26(18)24-21)14-8-4-6-10-16(14)22/h3-11,20H,1,12H2,2H3. The van der Waals surface area contributed by atoms with Crippen LogP contribution in [0, 0.1) is 5.82 Å². The number of anilines is 1. The van der Waals surface area contributed by atoms with Gasteiger partial charge in [0.25, 0.3) is 17.0 Å². The molecule has 0 spiro atoms. The molecule has 0 saturated carbocycles. The van der Waals surface area contributed by atoms with E-state index in [1.54, 1.807) is 48.5 Å². The topological polar surface area (TPSA) is 73.0 Å². The van der Waals surface area contributed by atoms with Crippen molar-refractivity contribution in [3.05, 3.63) is 72.6 Å². The normalized spacial score (nSPS) is 14.8. The van der Waals surface area contributed by atoms with Crippen molar-refractivity contribution in [2.24, 2.45) is 0 Å². The van der Waals surface area contributed by atoms with Crippen molar-refractivity contribution in [3.63, 3.8) is 0 Å². The van der Waals surface area contributed by atoms with Gasteiger partial charge in [-0.15, -0.1) is 6.58 Å². The van der Waals surface area contributed by atoms with Gasteiger partial charge >= 0.3 is 0 Å². The number of para-hydroxylation sites is 1. The molecule has 4 rings (SSSR count). The molecule has 1 aliphatic rings. The number of thioether (sulfide) groups is 1. The van der Waals surface area contributed by atoms with E-state index in [0.29, 0.717) is 17.0 Å². The Hall–Kier alpha value is -3.26. The fourth-order valence-corrected chi connectivity index (χ4v) is 3.99. The van der Waals surface area contributed by atoms with Crippen molar-refractivity contribution in [2.75, 3.05) is 10.7 Å². The number of aromatic nitrogens is 3. The fraction of sp³-hybridized carbons (Fsp3) is 0.143. The van der Waals surface area contributed by atoms with E-state index in [1.165, 1.54) is 34.3 Å². The van der Waals surface area contributed by atoms with Crippen LogP contribution in [0.2, 0.25) is 0 Å². The van der Waals surface area contributed by atoms with E-state index < -0.39 is 17.9 Å². The fourth-order valence-electron chi connectivity index (χ4n) is 3.43. The van der Waals surface area contributed by atoms with Crippen molar-refractivity contribution < 1.29 is 19.0 Å². The van der Waals surface area contributed by atoms with Gasteiger partial charge in [-0.1, -0.05) is 46.8 Å². The largest absolute Gasteiger partial charge is 0.854 e. The number of carbonyl (C=O) groups excluding carboxylic acids is 1. The van der Waals surface area contributed by atoms with E-state index in [2.05, 4.69) is 16.7 Å². The Labute approximate surface area is 171 Å². The molecular formula is C21H17FN4O2S. The van der Waals surface area contributed by atoms with Crippen LogP contribution >= 0.6 is 11.8 Å². The van der Waals surface area contributed by atoms with Gasteiger partial charge in [-0.2, -0.15) is 0 Å². The van der Waals surface area contributed by atoms with Crippen LogP contribution in [0.25, 0.3) is 11.3 Å². The molecule has 146 valence electrons. The molecule has 1 aliphatic heterocycles. The smallest absolute Gasteiger partial charge is 0.295 e. The van der Waals surface area contributed by atoms with Gasteiger partial charge in [0.1, 0.15) is 5.82 Å². The number of nitrogens with zero attached hydrogens (tertiary/aromatic N) is 4. The molecule has 1 unspecified atom stereocenters. The molecule has 8 heteroatoms. The molecule has 1 atom stereocenters. The maximum absolute atomic E-state index is 14.8. The Morgan fingerprint density at radius 3 is 2.76 bits per heavy atom. The lowest BCUT2D eigenvalue weighted by molar-refractivity contribution is -0.764. The van der Waals surface area contributed by atoms with E-state index in [-0.39, 0.29) is 22.3 Å². The highest BCUT2D eigenvalue weighted by atomic mass is 32.2. The lowest BCUT2D eigenvalue weighted by atomic mass is 10.0. The van der Waals surface area contributed by atoms with Crippen LogP contribution < -0.4 is 14.7 Å². The summed E-state index contributed by atoms with van der Waals surface area (Å²) in [5.41, 5.74) is 1.50. The summed E-state index contributed by atoms with van der Waals surface area (Å²) in [4.78, 5) is 18.2. The van der Waals surface area contributed by atoms with Crippen molar-refractivity contribution >= 4 is 23.4 Å². The maximum Gasteiger partial charge on any atom is 0.295 e. The molecule has 2 heterocycles. The van der Waals surface area contributed by atoms with Gasteiger partial charge in [0.05, 0.1) is 22.7 Å². The molecule has 2 aromatic carbocycles. The van der Waals surface area contributed by atoms with Crippen LogP contribution in [-0.2, 0) is 4.79 Å². The summed E-state index contributed by atoms with van der Waals surface area (Å²) in [7, 11) is 0. The summed E-state index contributed by atoms with van der Waals surface area (Å²) < 4.78 is 16.2. The first-order valence-corrected chi connectivity index (χ1v) is 9.89. The predicted molar refractivity (Wildman–Crippen MR) is 106 cm³/mol. The summed E-state index contributed by atoms with van der Waals surface area (Å²) >= 11 is 1.24. The number of hydrogen-bond acceptors (Lipinski definition) is 5. The monoisotopic (exact) mass is 408 g/mol. The quantitative estimate of drug-likeness (QED) is 0.377. The molecular weight excluding hydrogens is 391 g/mol. The number of benzene rings is 2. The van der Waals surface area contributed by atoms with E-state index in [0.717, 1.165) is 0 Å². The van der Waals surface area contributed by atoms with Gasteiger partial charge in [-0.25, -0.2) is 14.3 Å². The van der Waals surface area contributed by atoms with Crippen molar-refractivity contribution in [3.8, 4) is 17.1 Å². The second-order valence-electron chi connectivity index (χ2n) is 6.39. The van der Waals surface area contributed by atoms with Gasteiger partial charge in [0, 0.05) is 17.8 Å². The van der Waals surface area contributed by atoms with Gasteiger partial charge < -0.3 is 5.11 Å². The predicted octanol–water partition coefficient (Wildman–Crippen LogP) is 2.84. The van der Waals surface area contributed by atoms with Crippen LogP contribution in [0.4, 0.5) is 10.1 Å². The first-order chi connectivity index (χ1) is 14.0. The second-order valence-corrected chi connectivity index (χ2v) is 7.38. The van der Waals surface area contributed by atoms with Crippen molar-refractivity contribution in [1.82, 2.24) is 10.1 Å². The van der Waals surface area contributed by atoms with E-state index in [1.807, 2.05) is 0 Å². The summed E-state index contributed by atoms with van der Waals surface area (Å²) in [5.74, 6) is -0.761. The summed E-state index contributed by atoms with van der Waals surface area (Å²) in [6, 6.07) is 13.2. The molecule has 1 aromatic heterocycles. The molecule has 0 radical (unpaired) electrons. The van der Waals surface area contributed by atoms with Crippen LogP contribution in [0.3, 0.4) is 0 Å². The van der Waals surface area contributed by atoms with Crippen molar-refractivity contribution in [1.29, 1.82) is 0 Å². The van der Waals surface area contributed by atoms with Gasteiger partial charge in [-0.3, -0.25) is 4.79 Å². The van der Waals surface area contributed by atoms with Crippen LogP contribution in [0.1, 0.15) is 18.7 Å². The lowest BCUT2D eigenvalue weighted by Gasteiger charge is -2.32. The minimum absolute atomic E-state index is 0.217. The highest BCUT2D eigenvalue weighted by Crippen LogP contribution is 2.41. The summed E-state index contributed by atoms with van der Waals surface area (Å²) in [6.45, 7) is 5.07. The Bertz CT molecular complexity index is 1120. The minimum atomic E-state index is -0.947. The van der Waals surface area contributed by atoms with Crippen LogP contribution in [-0.4, -0.2) is 21.7 Å². The van der Waals surface area contributed by atoms with Gasteiger partial charge in [0.15, 0.2) is 0 Å². The molecule has 0 N–H and O–H groups in total. The summed E-state index contributed by atoms with van der Waals surface area (Å²) in [5, 5.41) is 17.7. The SMILES string of the molecule is C=CCSc1nc([O-])c2[n+](n1)C(c1ccccc1F)N(C(C)=O)c1ccccc1-2. The molecule has 0 aliphatic carbocycles. The third-order valence-corrected chi connectivity index (χ3v) is 5.40. The third-order valence-electron chi connectivity index (χ3n) is 4.57. The van der Waals surface area contributed by atoms with E-state index in [9.17, 15) is 14.3 Å². The Balaban J connectivity index is 2.05. The highest BCUT2D eigenvalue weighted by molar-refractivity contribution is 7.99. The minimum Gasteiger partial charge on any atom is -0.854 e.